The van der Waals surface area contributed by atoms with E-state index in [1.54, 1.807) is 11.9 Å². The molecule has 0 aliphatic carbocycles. The average Bonchev–Trinajstić information content (AvgIpc) is 3.23. The zero-order chi connectivity index (χ0) is 18.6. The van der Waals surface area contributed by atoms with Gasteiger partial charge in [-0.3, -0.25) is 0 Å². The topological polar surface area (TPSA) is 57.4 Å². The lowest BCUT2D eigenvalue weighted by molar-refractivity contribution is 0.0291. The van der Waals surface area contributed by atoms with Crippen LogP contribution in [0.15, 0.2) is 40.8 Å². The normalized spacial score (nSPS) is 21.9. The van der Waals surface area contributed by atoms with E-state index in [0.717, 1.165) is 38.1 Å². The van der Waals surface area contributed by atoms with Gasteiger partial charge in [-0.05, 0) is 53.3 Å². The number of hydrogen-bond donors (Lipinski definition) is 1. The Balaban J connectivity index is 1.77. The van der Waals surface area contributed by atoms with Gasteiger partial charge in [0, 0.05) is 32.1 Å². The summed E-state index contributed by atoms with van der Waals surface area (Å²) in [4.78, 5) is 0. The van der Waals surface area contributed by atoms with Crippen LogP contribution in [0.1, 0.15) is 33.9 Å². The fraction of sp³-hybridized carbons (Fsp3) is 0.364. The molecule has 0 bridgehead atoms. The van der Waals surface area contributed by atoms with Crippen molar-refractivity contribution in [3.05, 3.63) is 58.7 Å². The minimum absolute atomic E-state index is 0.209. The van der Waals surface area contributed by atoms with Crippen LogP contribution in [0, 0.1) is 18.3 Å². The Kier molecular flexibility index (Phi) is 5.58. The summed E-state index contributed by atoms with van der Waals surface area (Å²) in [5.41, 5.74) is 7.06. The van der Waals surface area contributed by atoms with Gasteiger partial charge < -0.3 is 10.1 Å². The van der Waals surface area contributed by atoms with Crippen molar-refractivity contribution in [2.24, 2.45) is 4.40 Å². The second kappa shape index (κ2) is 8.26. The highest BCUT2D eigenvalue weighted by atomic mass is 32.2. The monoisotopic (exact) mass is 377 g/mol. The van der Waals surface area contributed by atoms with Crippen LogP contribution < -0.4 is 5.32 Å². The predicted octanol–water partition coefficient (Wildman–Crippen LogP) is 4.23. The van der Waals surface area contributed by atoms with Crippen LogP contribution in [0.5, 0.6) is 0 Å². The third-order valence-electron chi connectivity index (χ3n) is 5.09. The van der Waals surface area contributed by atoms with E-state index in [0.29, 0.717) is 10.8 Å². The standard InChI is InChI=1S/C22H23N3OS/c1-15-10-18(12-19-14-24-8-9-26-19)22(21-6-7-25-27-21)20(11-15)17-4-2-16(13-23)3-5-17/h2-5,7,10-11,19,21,24H,6,8-9,12,14H2,1H3. The van der Waals surface area contributed by atoms with E-state index in [2.05, 4.69) is 47.0 Å². The fourth-order valence-electron chi connectivity index (χ4n) is 3.85. The van der Waals surface area contributed by atoms with Crippen LogP contribution in [0.4, 0.5) is 0 Å². The van der Waals surface area contributed by atoms with Crippen LogP contribution >= 0.6 is 11.9 Å². The van der Waals surface area contributed by atoms with Crippen molar-refractivity contribution >= 4 is 18.2 Å². The van der Waals surface area contributed by atoms with Gasteiger partial charge in [-0.2, -0.15) is 5.26 Å². The number of ether oxygens (including phenoxy) is 1. The van der Waals surface area contributed by atoms with Gasteiger partial charge in [0.05, 0.1) is 29.6 Å². The van der Waals surface area contributed by atoms with E-state index < -0.39 is 0 Å². The van der Waals surface area contributed by atoms with E-state index in [1.165, 1.54) is 22.3 Å². The smallest absolute Gasteiger partial charge is 0.0991 e. The summed E-state index contributed by atoms with van der Waals surface area (Å²) in [6, 6.07) is 14.7. The molecule has 2 heterocycles. The number of nitriles is 1. The van der Waals surface area contributed by atoms with Crippen LogP contribution in [0.25, 0.3) is 11.1 Å². The lowest BCUT2D eigenvalue weighted by Gasteiger charge is -2.27. The molecule has 2 aromatic rings. The molecule has 1 N–H and O–H groups in total. The van der Waals surface area contributed by atoms with E-state index in [4.69, 9.17) is 10.00 Å². The summed E-state index contributed by atoms with van der Waals surface area (Å²) in [6.45, 7) is 4.75. The van der Waals surface area contributed by atoms with Crippen molar-refractivity contribution < 1.29 is 4.74 Å². The molecule has 4 rings (SSSR count). The molecule has 1 saturated heterocycles. The maximum absolute atomic E-state index is 9.11. The average molecular weight is 378 g/mol. The van der Waals surface area contributed by atoms with Crippen LogP contribution in [-0.4, -0.2) is 32.0 Å². The number of benzene rings is 2. The number of morpholine rings is 1. The summed E-state index contributed by atoms with van der Waals surface area (Å²) < 4.78 is 10.4. The molecule has 0 radical (unpaired) electrons. The van der Waals surface area contributed by atoms with Gasteiger partial charge in [0.2, 0.25) is 0 Å². The summed E-state index contributed by atoms with van der Waals surface area (Å²) >= 11 is 1.65. The zero-order valence-electron chi connectivity index (χ0n) is 15.4. The van der Waals surface area contributed by atoms with Gasteiger partial charge in [-0.1, -0.05) is 29.8 Å². The highest BCUT2D eigenvalue weighted by Gasteiger charge is 2.25. The molecule has 138 valence electrons. The predicted molar refractivity (Wildman–Crippen MR) is 111 cm³/mol. The van der Waals surface area contributed by atoms with Gasteiger partial charge in [0.25, 0.3) is 0 Å². The first-order valence-electron chi connectivity index (χ1n) is 9.38. The maximum Gasteiger partial charge on any atom is 0.0991 e. The van der Waals surface area contributed by atoms with Crippen LogP contribution in [0.3, 0.4) is 0 Å². The van der Waals surface area contributed by atoms with Crippen molar-refractivity contribution in [3.8, 4) is 17.2 Å². The van der Waals surface area contributed by atoms with E-state index in [9.17, 15) is 0 Å². The Morgan fingerprint density at radius 1 is 1.30 bits per heavy atom. The molecule has 0 saturated carbocycles. The highest BCUT2D eigenvalue weighted by molar-refractivity contribution is 7.98. The van der Waals surface area contributed by atoms with Gasteiger partial charge in [0.15, 0.2) is 0 Å². The molecule has 4 nitrogen and oxygen atoms in total. The molecule has 2 aromatic carbocycles. The number of aryl methyl sites for hydroxylation is 1. The van der Waals surface area contributed by atoms with Crippen molar-refractivity contribution in [1.82, 2.24) is 5.32 Å². The fourth-order valence-corrected chi connectivity index (χ4v) is 4.72. The van der Waals surface area contributed by atoms with E-state index in [1.807, 2.05) is 18.3 Å². The summed E-state index contributed by atoms with van der Waals surface area (Å²) in [5.74, 6) is 0. The molecule has 0 spiro atoms. The molecule has 1 fully saturated rings. The summed E-state index contributed by atoms with van der Waals surface area (Å²) in [5, 5.41) is 12.9. The van der Waals surface area contributed by atoms with E-state index >= 15 is 0 Å². The summed E-state index contributed by atoms with van der Waals surface area (Å²) in [7, 11) is 0. The molecule has 5 heteroatoms. The minimum atomic E-state index is 0.209. The number of nitrogens with zero attached hydrogens (tertiary/aromatic N) is 2. The second-order valence-corrected chi connectivity index (χ2v) is 8.08. The molecule has 2 aliphatic heterocycles. The summed E-state index contributed by atoms with van der Waals surface area (Å²) in [6.07, 6.45) is 4.08. The Hall–Kier alpha value is -2.13. The molecular weight excluding hydrogens is 354 g/mol. The van der Waals surface area contributed by atoms with Gasteiger partial charge in [0.1, 0.15) is 0 Å². The van der Waals surface area contributed by atoms with Crippen molar-refractivity contribution in [2.75, 3.05) is 19.7 Å². The Morgan fingerprint density at radius 3 is 2.81 bits per heavy atom. The Morgan fingerprint density at radius 2 is 2.15 bits per heavy atom. The number of nitrogens with one attached hydrogen (secondary N) is 1. The first-order valence-corrected chi connectivity index (χ1v) is 10.2. The lowest BCUT2D eigenvalue weighted by atomic mass is 9.87. The number of hydrogen-bond acceptors (Lipinski definition) is 5. The maximum atomic E-state index is 9.11. The second-order valence-electron chi connectivity index (χ2n) is 7.09. The zero-order valence-corrected chi connectivity index (χ0v) is 16.3. The Bertz CT molecular complexity index is 872. The van der Waals surface area contributed by atoms with Crippen LogP contribution in [-0.2, 0) is 11.2 Å². The SMILES string of the molecule is Cc1cc(CC2CNCCO2)c(C2CC=NS2)c(-c2ccc(C#N)cc2)c1. The first kappa shape index (κ1) is 18.2. The number of rotatable bonds is 4. The van der Waals surface area contributed by atoms with Crippen molar-refractivity contribution in [2.45, 2.75) is 31.1 Å². The minimum Gasteiger partial charge on any atom is -0.375 e. The van der Waals surface area contributed by atoms with Gasteiger partial charge in [-0.15, -0.1) is 0 Å². The lowest BCUT2D eigenvalue weighted by Crippen LogP contribution is -2.39. The van der Waals surface area contributed by atoms with Crippen molar-refractivity contribution in [3.63, 3.8) is 0 Å². The quantitative estimate of drug-likeness (QED) is 0.810. The third kappa shape index (κ3) is 4.08. The van der Waals surface area contributed by atoms with E-state index in [-0.39, 0.29) is 6.10 Å². The largest absolute Gasteiger partial charge is 0.375 e. The molecule has 0 aromatic heterocycles. The molecule has 2 aliphatic rings. The molecule has 2 atom stereocenters. The molecular formula is C22H23N3OS. The van der Waals surface area contributed by atoms with Crippen molar-refractivity contribution in [1.29, 1.82) is 5.26 Å². The van der Waals surface area contributed by atoms with Gasteiger partial charge in [-0.25, -0.2) is 4.40 Å². The molecule has 0 amide bonds. The Labute approximate surface area is 164 Å². The van der Waals surface area contributed by atoms with Crippen LogP contribution in [0.2, 0.25) is 0 Å². The van der Waals surface area contributed by atoms with Gasteiger partial charge >= 0.3 is 0 Å². The third-order valence-corrected chi connectivity index (χ3v) is 6.04. The highest BCUT2D eigenvalue weighted by Crippen LogP contribution is 2.44. The first-order chi connectivity index (χ1) is 13.2. The molecule has 2 unspecified atom stereocenters. The molecule has 27 heavy (non-hydrogen) atoms.